The van der Waals surface area contributed by atoms with Crippen LogP contribution in [0.3, 0.4) is 0 Å². The van der Waals surface area contributed by atoms with Crippen LogP contribution in [-0.4, -0.2) is 44.8 Å². The molecular weight excluding hydrogens is 326 g/mol. The zero-order valence-electron chi connectivity index (χ0n) is 12.7. The van der Waals surface area contributed by atoms with Crippen molar-refractivity contribution in [1.82, 2.24) is 9.62 Å². The summed E-state index contributed by atoms with van der Waals surface area (Å²) in [6.45, 7) is 2.83. The molecule has 0 radical (unpaired) electrons. The molecule has 8 heteroatoms. The topological polar surface area (TPSA) is 92.5 Å². The fourth-order valence-electron chi connectivity index (χ4n) is 2.42. The van der Waals surface area contributed by atoms with E-state index in [-0.39, 0.29) is 35.2 Å². The predicted molar refractivity (Wildman–Crippen MR) is 87.6 cm³/mol. The van der Waals surface area contributed by atoms with E-state index in [0.29, 0.717) is 25.1 Å². The summed E-state index contributed by atoms with van der Waals surface area (Å²) in [5.41, 5.74) is 6.36. The van der Waals surface area contributed by atoms with Gasteiger partial charge in [0.25, 0.3) is 5.91 Å². The van der Waals surface area contributed by atoms with Gasteiger partial charge in [0.05, 0.1) is 4.90 Å². The highest BCUT2D eigenvalue weighted by Crippen LogP contribution is 2.23. The van der Waals surface area contributed by atoms with E-state index in [0.717, 1.165) is 0 Å². The van der Waals surface area contributed by atoms with Crippen molar-refractivity contribution < 1.29 is 13.2 Å². The van der Waals surface area contributed by atoms with E-state index < -0.39 is 10.0 Å². The summed E-state index contributed by atoms with van der Waals surface area (Å²) in [6, 6.07) is 6.03. The lowest BCUT2D eigenvalue weighted by molar-refractivity contribution is 0.0963. The quantitative estimate of drug-likeness (QED) is 0.846. The molecule has 2 atom stereocenters. The molecule has 3 N–H and O–H groups in total. The molecule has 22 heavy (non-hydrogen) atoms. The molecule has 0 spiro atoms. The SMILES string of the molecule is CNC(=O)c1ccc(S(=O)(=O)N2CCC(N)C(C)C2)cc1.Cl. The van der Waals surface area contributed by atoms with Gasteiger partial charge in [0, 0.05) is 31.7 Å². The van der Waals surface area contributed by atoms with Crippen LogP contribution in [-0.2, 0) is 10.0 Å². The second kappa shape index (κ2) is 7.41. The Morgan fingerprint density at radius 3 is 2.41 bits per heavy atom. The summed E-state index contributed by atoms with van der Waals surface area (Å²) in [5.74, 6) is -0.102. The number of amides is 1. The number of nitrogens with one attached hydrogen (secondary N) is 1. The van der Waals surface area contributed by atoms with Crippen molar-refractivity contribution in [3.63, 3.8) is 0 Å². The Kier molecular flexibility index (Phi) is 6.37. The van der Waals surface area contributed by atoms with E-state index in [1.807, 2.05) is 6.92 Å². The number of halogens is 1. The van der Waals surface area contributed by atoms with Crippen LogP contribution in [0.4, 0.5) is 0 Å². The molecule has 0 bridgehead atoms. The summed E-state index contributed by atoms with van der Waals surface area (Å²) in [7, 11) is -1.99. The number of sulfonamides is 1. The van der Waals surface area contributed by atoms with Crippen molar-refractivity contribution in [2.45, 2.75) is 24.3 Å². The van der Waals surface area contributed by atoms with Gasteiger partial charge in [0.15, 0.2) is 0 Å². The number of carbonyl (C=O) groups is 1. The summed E-state index contributed by atoms with van der Waals surface area (Å²) in [6.07, 6.45) is 0.663. The fourth-order valence-corrected chi connectivity index (χ4v) is 3.97. The van der Waals surface area contributed by atoms with Crippen LogP contribution in [0.15, 0.2) is 29.2 Å². The van der Waals surface area contributed by atoms with E-state index in [1.165, 1.54) is 35.6 Å². The summed E-state index contributed by atoms with van der Waals surface area (Å²) < 4.78 is 26.6. The van der Waals surface area contributed by atoms with Gasteiger partial charge in [0.1, 0.15) is 0 Å². The first-order valence-corrected chi connectivity index (χ1v) is 8.38. The van der Waals surface area contributed by atoms with Gasteiger partial charge in [-0.15, -0.1) is 12.4 Å². The van der Waals surface area contributed by atoms with Crippen molar-refractivity contribution in [2.75, 3.05) is 20.1 Å². The van der Waals surface area contributed by atoms with Gasteiger partial charge in [-0.3, -0.25) is 4.79 Å². The Labute approximate surface area is 137 Å². The van der Waals surface area contributed by atoms with Crippen LogP contribution in [0.2, 0.25) is 0 Å². The average molecular weight is 348 g/mol. The number of benzene rings is 1. The minimum absolute atomic E-state index is 0. The number of piperidine rings is 1. The van der Waals surface area contributed by atoms with E-state index >= 15 is 0 Å². The molecule has 2 unspecified atom stereocenters. The number of nitrogens with zero attached hydrogens (tertiary/aromatic N) is 1. The third kappa shape index (κ3) is 3.78. The van der Waals surface area contributed by atoms with Crippen molar-refractivity contribution in [3.05, 3.63) is 29.8 Å². The van der Waals surface area contributed by atoms with Gasteiger partial charge >= 0.3 is 0 Å². The molecule has 0 saturated carbocycles. The maximum absolute atomic E-state index is 12.6. The second-order valence-corrected chi connectivity index (χ2v) is 7.33. The molecule has 1 aromatic carbocycles. The number of hydrogen-bond acceptors (Lipinski definition) is 4. The number of nitrogens with two attached hydrogens (primary N) is 1. The first kappa shape index (κ1) is 18.9. The number of hydrogen-bond donors (Lipinski definition) is 2. The first-order valence-electron chi connectivity index (χ1n) is 6.94. The molecule has 1 amide bonds. The molecule has 1 fully saturated rings. The highest BCUT2D eigenvalue weighted by atomic mass is 35.5. The monoisotopic (exact) mass is 347 g/mol. The van der Waals surface area contributed by atoms with Gasteiger partial charge in [-0.2, -0.15) is 4.31 Å². The maximum atomic E-state index is 12.6. The lowest BCUT2D eigenvalue weighted by Gasteiger charge is -2.34. The van der Waals surface area contributed by atoms with Gasteiger partial charge in [-0.05, 0) is 36.6 Å². The van der Waals surface area contributed by atoms with Gasteiger partial charge in [0.2, 0.25) is 10.0 Å². The van der Waals surface area contributed by atoms with Crippen molar-refractivity contribution in [2.24, 2.45) is 11.7 Å². The molecule has 1 saturated heterocycles. The predicted octanol–water partition coefficient (Wildman–Crippen LogP) is 0.826. The Balaban J connectivity index is 0.00000242. The van der Waals surface area contributed by atoms with Crippen molar-refractivity contribution in [3.8, 4) is 0 Å². The van der Waals surface area contributed by atoms with Crippen LogP contribution < -0.4 is 11.1 Å². The normalized spacial score (nSPS) is 22.7. The lowest BCUT2D eigenvalue weighted by Crippen LogP contribution is -2.48. The molecule has 6 nitrogen and oxygen atoms in total. The van der Waals surface area contributed by atoms with Crippen LogP contribution in [0.25, 0.3) is 0 Å². The van der Waals surface area contributed by atoms with E-state index in [1.54, 1.807) is 0 Å². The highest BCUT2D eigenvalue weighted by molar-refractivity contribution is 7.89. The summed E-state index contributed by atoms with van der Waals surface area (Å²) in [5, 5.41) is 2.50. The summed E-state index contributed by atoms with van der Waals surface area (Å²) in [4.78, 5) is 11.7. The zero-order chi connectivity index (χ0) is 15.6. The Morgan fingerprint density at radius 2 is 1.91 bits per heavy atom. The minimum Gasteiger partial charge on any atom is -0.355 e. The van der Waals surface area contributed by atoms with Crippen LogP contribution in [0, 0.1) is 5.92 Å². The number of carbonyl (C=O) groups excluding carboxylic acids is 1. The van der Waals surface area contributed by atoms with E-state index in [2.05, 4.69) is 5.32 Å². The lowest BCUT2D eigenvalue weighted by atomic mass is 9.96. The van der Waals surface area contributed by atoms with Gasteiger partial charge in [-0.25, -0.2) is 8.42 Å². The van der Waals surface area contributed by atoms with Crippen molar-refractivity contribution >= 4 is 28.3 Å². The highest BCUT2D eigenvalue weighted by Gasteiger charge is 2.31. The Bertz CT molecular complexity index is 619. The standard InChI is InChI=1S/C14H21N3O3S.ClH/c1-10-9-17(8-7-13(10)15)21(19,20)12-5-3-11(4-6-12)14(18)16-2;/h3-6,10,13H,7-9,15H2,1-2H3,(H,16,18);1H. The third-order valence-electron chi connectivity index (χ3n) is 3.92. The fraction of sp³-hybridized carbons (Fsp3) is 0.500. The first-order chi connectivity index (χ1) is 9.86. The maximum Gasteiger partial charge on any atom is 0.251 e. The van der Waals surface area contributed by atoms with E-state index in [9.17, 15) is 13.2 Å². The van der Waals surface area contributed by atoms with Crippen LogP contribution in [0.1, 0.15) is 23.7 Å². The Hall–Kier alpha value is -1.15. The second-order valence-electron chi connectivity index (χ2n) is 5.40. The number of rotatable bonds is 3. The van der Waals surface area contributed by atoms with Crippen LogP contribution in [0.5, 0.6) is 0 Å². The molecule has 1 aromatic rings. The summed E-state index contributed by atoms with van der Waals surface area (Å²) >= 11 is 0. The zero-order valence-corrected chi connectivity index (χ0v) is 14.3. The van der Waals surface area contributed by atoms with Crippen LogP contribution >= 0.6 is 12.4 Å². The van der Waals surface area contributed by atoms with Gasteiger partial charge < -0.3 is 11.1 Å². The van der Waals surface area contributed by atoms with E-state index in [4.69, 9.17) is 5.73 Å². The average Bonchev–Trinajstić information content (AvgIpc) is 2.49. The molecular formula is C14H22ClN3O3S. The molecule has 1 heterocycles. The Morgan fingerprint density at radius 1 is 1.32 bits per heavy atom. The molecule has 0 aliphatic carbocycles. The third-order valence-corrected chi connectivity index (χ3v) is 5.80. The smallest absolute Gasteiger partial charge is 0.251 e. The molecule has 1 aliphatic heterocycles. The molecule has 0 aromatic heterocycles. The molecule has 124 valence electrons. The minimum atomic E-state index is -3.52. The molecule has 2 rings (SSSR count). The molecule has 1 aliphatic rings. The van der Waals surface area contributed by atoms with Gasteiger partial charge in [-0.1, -0.05) is 6.92 Å². The van der Waals surface area contributed by atoms with Crippen molar-refractivity contribution in [1.29, 1.82) is 0 Å². The largest absolute Gasteiger partial charge is 0.355 e.